The Hall–Kier alpha value is -3.11. The highest BCUT2D eigenvalue weighted by Gasteiger charge is 2.28. The number of benzene rings is 2. The van der Waals surface area contributed by atoms with Gasteiger partial charge in [0.1, 0.15) is 5.82 Å². The highest BCUT2D eigenvalue weighted by molar-refractivity contribution is 7.92. The van der Waals surface area contributed by atoms with Gasteiger partial charge in [-0.15, -0.1) is 0 Å². The molecule has 3 aromatic rings. The van der Waals surface area contributed by atoms with Crippen LogP contribution in [0.4, 0.5) is 16.2 Å². The first kappa shape index (κ1) is 28.9. The van der Waals surface area contributed by atoms with Gasteiger partial charge in [0.15, 0.2) is 0 Å². The number of anilines is 2. The van der Waals surface area contributed by atoms with Gasteiger partial charge in [-0.3, -0.25) is 4.31 Å². The predicted octanol–water partition coefficient (Wildman–Crippen LogP) is 5.51. The molecule has 1 aliphatic rings. The Bertz CT molecular complexity index is 1400. The van der Waals surface area contributed by atoms with Crippen molar-refractivity contribution in [1.29, 1.82) is 0 Å². The molecule has 10 heteroatoms. The average Bonchev–Trinajstić information content (AvgIpc) is 3.23. The molecular formula is C29H41N5O4S. The summed E-state index contributed by atoms with van der Waals surface area (Å²) >= 11 is 0. The van der Waals surface area contributed by atoms with Crippen LogP contribution < -0.4 is 14.9 Å². The van der Waals surface area contributed by atoms with E-state index in [9.17, 15) is 13.2 Å². The summed E-state index contributed by atoms with van der Waals surface area (Å²) in [5, 5.41) is 5.47. The highest BCUT2D eigenvalue weighted by Crippen LogP contribution is 2.32. The number of amides is 2. The van der Waals surface area contributed by atoms with Crippen molar-refractivity contribution in [3.63, 3.8) is 0 Å². The molecule has 0 saturated carbocycles. The van der Waals surface area contributed by atoms with Crippen LogP contribution in [0.15, 0.2) is 47.4 Å². The minimum Gasteiger partial charge on any atom is -0.381 e. The van der Waals surface area contributed by atoms with E-state index in [0.29, 0.717) is 17.3 Å². The molecule has 1 aliphatic heterocycles. The van der Waals surface area contributed by atoms with Gasteiger partial charge in [-0.05, 0) is 82.0 Å². The monoisotopic (exact) mass is 555 g/mol. The van der Waals surface area contributed by atoms with E-state index in [0.717, 1.165) is 49.5 Å². The summed E-state index contributed by atoms with van der Waals surface area (Å²) in [4.78, 5) is 17.1. The quantitative estimate of drug-likeness (QED) is 0.382. The number of hydrogen-bond acceptors (Lipinski definition) is 5. The normalized spacial score (nSPS) is 15.1. The van der Waals surface area contributed by atoms with Crippen LogP contribution in [0.25, 0.3) is 11.0 Å². The van der Waals surface area contributed by atoms with E-state index in [4.69, 9.17) is 9.72 Å². The molecule has 0 aliphatic carbocycles. The largest absolute Gasteiger partial charge is 0.381 e. The maximum atomic E-state index is 13.7. The number of sulfonamides is 1. The van der Waals surface area contributed by atoms with Crippen molar-refractivity contribution in [3.05, 3.63) is 48.3 Å². The molecule has 4 rings (SSSR count). The number of urea groups is 1. The Balaban J connectivity index is 1.64. The van der Waals surface area contributed by atoms with Gasteiger partial charge >= 0.3 is 6.03 Å². The maximum Gasteiger partial charge on any atom is 0.319 e. The zero-order chi connectivity index (χ0) is 28.4. The van der Waals surface area contributed by atoms with E-state index in [-0.39, 0.29) is 28.9 Å². The molecule has 0 radical (unpaired) electrons. The smallest absolute Gasteiger partial charge is 0.319 e. The molecule has 2 heterocycles. The Morgan fingerprint density at radius 1 is 1.13 bits per heavy atom. The van der Waals surface area contributed by atoms with Gasteiger partial charge in [0.2, 0.25) is 0 Å². The fraction of sp³-hybridized carbons (Fsp3) is 0.517. The van der Waals surface area contributed by atoms with Crippen LogP contribution in [0.2, 0.25) is 0 Å². The number of ether oxygens (including phenoxy) is 1. The van der Waals surface area contributed by atoms with Crippen molar-refractivity contribution in [1.82, 2.24) is 14.9 Å². The lowest BCUT2D eigenvalue weighted by atomic mass is 9.94. The zero-order valence-electron chi connectivity index (χ0n) is 23.8. The Kier molecular flexibility index (Phi) is 8.56. The Labute approximate surface area is 232 Å². The first-order valence-corrected chi connectivity index (χ1v) is 15.1. The third kappa shape index (κ3) is 6.55. The molecule has 0 atom stereocenters. The molecule has 2 aromatic carbocycles. The van der Waals surface area contributed by atoms with Crippen LogP contribution in [0.1, 0.15) is 60.2 Å². The first-order chi connectivity index (χ1) is 18.4. The second kappa shape index (κ2) is 11.6. The highest BCUT2D eigenvalue weighted by atomic mass is 32.2. The minimum atomic E-state index is -3.83. The molecule has 1 aromatic heterocycles. The van der Waals surface area contributed by atoms with Gasteiger partial charge in [-0.1, -0.05) is 20.8 Å². The molecule has 39 heavy (non-hydrogen) atoms. The number of nitrogens with one attached hydrogen (secondary N) is 2. The second-order valence-corrected chi connectivity index (χ2v) is 13.3. The van der Waals surface area contributed by atoms with Crippen molar-refractivity contribution >= 4 is 38.5 Å². The number of carbonyl (C=O) groups excluding carboxylic acids is 1. The van der Waals surface area contributed by atoms with Crippen LogP contribution in [0, 0.1) is 5.92 Å². The van der Waals surface area contributed by atoms with E-state index in [1.165, 1.54) is 16.4 Å². The molecule has 0 unspecified atom stereocenters. The molecule has 2 amide bonds. The summed E-state index contributed by atoms with van der Waals surface area (Å²) in [5.74, 6) is 1.52. The lowest BCUT2D eigenvalue weighted by molar-refractivity contribution is 0.0611. The van der Waals surface area contributed by atoms with Gasteiger partial charge in [0.25, 0.3) is 10.0 Å². The Morgan fingerprint density at radius 3 is 2.38 bits per heavy atom. The number of fused-ring (bicyclic) bond motifs is 1. The summed E-state index contributed by atoms with van der Waals surface area (Å²) in [6.07, 6.45) is 2.06. The van der Waals surface area contributed by atoms with Gasteiger partial charge in [-0.2, -0.15) is 0 Å². The zero-order valence-corrected chi connectivity index (χ0v) is 24.6. The number of imidazole rings is 1. The Morgan fingerprint density at radius 2 is 1.79 bits per heavy atom. The van der Waals surface area contributed by atoms with E-state index in [1.807, 2.05) is 39.0 Å². The maximum absolute atomic E-state index is 13.7. The third-order valence-corrected chi connectivity index (χ3v) is 8.80. The van der Waals surface area contributed by atoms with Crippen LogP contribution in [-0.2, 0) is 26.7 Å². The van der Waals surface area contributed by atoms with E-state index in [2.05, 4.69) is 36.0 Å². The SMILES string of the molecule is CCN(c1ccc2c(c1)nc(C(C)(C)C)n2CC1CCOCC1)S(=O)(=O)c1ccc(NC(=O)NC(C)C)cc1. The van der Waals surface area contributed by atoms with Crippen molar-refractivity contribution < 1.29 is 17.9 Å². The van der Waals surface area contributed by atoms with Crippen LogP contribution >= 0.6 is 0 Å². The van der Waals surface area contributed by atoms with Crippen molar-refractivity contribution in [3.8, 4) is 0 Å². The van der Waals surface area contributed by atoms with Crippen LogP contribution in [0.3, 0.4) is 0 Å². The molecule has 212 valence electrons. The molecule has 0 spiro atoms. The van der Waals surface area contributed by atoms with Crippen molar-refractivity contribution in [2.24, 2.45) is 5.92 Å². The fourth-order valence-corrected chi connectivity index (χ4v) is 6.44. The number of hydrogen-bond donors (Lipinski definition) is 2. The van der Waals surface area contributed by atoms with Crippen LogP contribution in [-0.4, -0.2) is 49.8 Å². The molecule has 2 N–H and O–H groups in total. The fourth-order valence-electron chi connectivity index (χ4n) is 4.98. The lowest BCUT2D eigenvalue weighted by Gasteiger charge is -2.26. The van der Waals surface area contributed by atoms with Gasteiger partial charge < -0.3 is 19.9 Å². The van der Waals surface area contributed by atoms with Gasteiger partial charge in [0.05, 0.1) is 21.6 Å². The van der Waals surface area contributed by atoms with Crippen molar-refractivity contribution in [2.75, 3.05) is 29.4 Å². The minimum absolute atomic E-state index is 0.00663. The van der Waals surface area contributed by atoms with Gasteiger partial charge in [0, 0.05) is 43.4 Å². The number of aromatic nitrogens is 2. The topological polar surface area (TPSA) is 106 Å². The number of nitrogens with zero attached hydrogens (tertiary/aromatic N) is 3. The van der Waals surface area contributed by atoms with Crippen LogP contribution in [0.5, 0.6) is 0 Å². The summed E-state index contributed by atoms with van der Waals surface area (Å²) in [6, 6.07) is 11.6. The predicted molar refractivity (Wildman–Crippen MR) is 156 cm³/mol. The first-order valence-electron chi connectivity index (χ1n) is 13.7. The summed E-state index contributed by atoms with van der Waals surface area (Å²) in [6.45, 7) is 14.7. The van der Waals surface area contributed by atoms with E-state index >= 15 is 0 Å². The molecule has 9 nitrogen and oxygen atoms in total. The third-order valence-electron chi connectivity index (χ3n) is 6.88. The van der Waals surface area contributed by atoms with E-state index < -0.39 is 10.0 Å². The summed E-state index contributed by atoms with van der Waals surface area (Å²) < 4.78 is 36.6. The summed E-state index contributed by atoms with van der Waals surface area (Å²) in [5.41, 5.74) is 2.72. The molecule has 1 fully saturated rings. The average molecular weight is 556 g/mol. The van der Waals surface area contributed by atoms with Gasteiger partial charge in [-0.25, -0.2) is 18.2 Å². The summed E-state index contributed by atoms with van der Waals surface area (Å²) in [7, 11) is -3.83. The number of rotatable bonds is 8. The lowest BCUT2D eigenvalue weighted by Crippen LogP contribution is -2.34. The standard InChI is InChI=1S/C29H41N5O4S/c1-7-34(39(36,37)24-11-8-22(9-12-24)31-28(35)30-20(2)3)23-10-13-26-25(18-23)32-27(29(4,5)6)33(26)19-21-14-16-38-17-15-21/h8-13,18,20-21H,7,14-17,19H2,1-6H3,(H2,30,31,35). The number of carbonyl (C=O) groups is 1. The molecule has 0 bridgehead atoms. The second-order valence-electron chi connectivity index (χ2n) is 11.5. The molecular weight excluding hydrogens is 514 g/mol. The molecule has 1 saturated heterocycles. The van der Waals surface area contributed by atoms with E-state index in [1.54, 1.807) is 12.1 Å². The van der Waals surface area contributed by atoms with Crippen molar-refractivity contribution in [2.45, 2.75) is 77.3 Å².